The van der Waals surface area contributed by atoms with Gasteiger partial charge in [0.1, 0.15) is 29.5 Å². The second-order valence-corrected chi connectivity index (χ2v) is 5.38. The zero-order valence-electron chi connectivity index (χ0n) is 14.2. The third-order valence-electron chi connectivity index (χ3n) is 3.88. The molecule has 1 aliphatic heterocycles. The van der Waals surface area contributed by atoms with Crippen LogP contribution in [0.4, 0.5) is 11.6 Å². The Morgan fingerprint density at radius 2 is 1.96 bits per heavy atom. The van der Waals surface area contributed by atoms with Crippen LogP contribution < -0.4 is 19.7 Å². The largest absolute Gasteiger partial charge is 0.497 e. The number of hydrogen-bond acceptors (Lipinski definition) is 7. The minimum atomic E-state index is -0.331. The molecular weight excluding hydrogens is 324 g/mol. The number of carbonyl (C=O) groups is 1. The molecular formula is C17H20N4O4. The second-order valence-electron chi connectivity index (χ2n) is 5.38. The second kappa shape index (κ2) is 7.80. The molecule has 8 heteroatoms. The van der Waals surface area contributed by atoms with E-state index < -0.39 is 0 Å². The van der Waals surface area contributed by atoms with E-state index in [-0.39, 0.29) is 5.91 Å². The van der Waals surface area contributed by atoms with Crippen molar-refractivity contribution in [2.75, 3.05) is 50.7 Å². The van der Waals surface area contributed by atoms with Crippen LogP contribution in [0.25, 0.3) is 0 Å². The lowest BCUT2D eigenvalue weighted by Crippen LogP contribution is -2.36. The fourth-order valence-corrected chi connectivity index (χ4v) is 2.56. The number of nitrogens with zero attached hydrogens (tertiary/aromatic N) is 3. The molecule has 0 radical (unpaired) electrons. The Hall–Kier alpha value is -2.87. The zero-order chi connectivity index (χ0) is 17.6. The maximum atomic E-state index is 12.6. The SMILES string of the molecule is COc1ccc(OC)c(C(=O)Nc2cc(N3CCOCC3)ncn2)c1. The van der Waals surface area contributed by atoms with Gasteiger partial charge in [0.2, 0.25) is 0 Å². The number of nitrogens with one attached hydrogen (secondary N) is 1. The highest BCUT2D eigenvalue weighted by atomic mass is 16.5. The Morgan fingerprint density at radius 1 is 1.16 bits per heavy atom. The van der Waals surface area contributed by atoms with Gasteiger partial charge in [-0.2, -0.15) is 0 Å². The van der Waals surface area contributed by atoms with Crippen molar-refractivity contribution in [3.63, 3.8) is 0 Å². The van der Waals surface area contributed by atoms with Gasteiger partial charge in [-0.05, 0) is 18.2 Å². The van der Waals surface area contributed by atoms with Crippen LogP contribution in [0.5, 0.6) is 11.5 Å². The van der Waals surface area contributed by atoms with Crippen LogP contribution >= 0.6 is 0 Å². The number of anilines is 2. The molecule has 0 saturated carbocycles. The number of rotatable bonds is 5. The van der Waals surface area contributed by atoms with Gasteiger partial charge in [0.25, 0.3) is 5.91 Å². The zero-order valence-corrected chi connectivity index (χ0v) is 14.2. The van der Waals surface area contributed by atoms with Crippen LogP contribution in [-0.4, -0.2) is 56.4 Å². The van der Waals surface area contributed by atoms with Gasteiger partial charge in [-0.3, -0.25) is 4.79 Å². The molecule has 1 fully saturated rings. The Kier molecular flexibility index (Phi) is 5.30. The van der Waals surface area contributed by atoms with E-state index in [1.165, 1.54) is 13.4 Å². The summed E-state index contributed by atoms with van der Waals surface area (Å²) in [6.07, 6.45) is 1.43. The summed E-state index contributed by atoms with van der Waals surface area (Å²) in [6.45, 7) is 2.83. The van der Waals surface area contributed by atoms with Crippen LogP contribution in [-0.2, 0) is 4.74 Å². The summed E-state index contributed by atoms with van der Waals surface area (Å²) in [7, 11) is 3.06. The van der Waals surface area contributed by atoms with Crippen molar-refractivity contribution in [1.82, 2.24) is 9.97 Å². The van der Waals surface area contributed by atoms with Gasteiger partial charge in [-0.1, -0.05) is 0 Å². The van der Waals surface area contributed by atoms with Gasteiger partial charge in [0.05, 0.1) is 33.0 Å². The first-order chi connectivity index (χ1) is 12.2. The summed E-state index contributed by atoms with van der Waals surface area (Å²) in [5.74, 6) is 1.88. The molecule has 8 nitrogen and oxygen atoms in total. The monoisotopic (exact) mass is 344 g/mol. The minimum absolute atomic E-state index is 0.331. The summed E-state index contributed by atoms with van der Waals surface area (Å²) in [4.78, 5) is 23.1. The van der Waals surface area contributed by atoms with E-state index in [9.17, 15) is 4.79 Å². The molecule has 1 aromatic carbocycles. The maximum Gasteiger partial charge on any atom is 0.260 e. The number of carbonyl (C=O) groups excluding carboxylic acids is 1. The fourth-order valence-electron chi connectivity index (χ4n) is 2.56. The van der Waals surface area contributed by atoms with Crippen molar-refractivity contribution < 1.29 is 19.0 Å². The third kappa shape index (κ3) is 3.97. The average molecular weight is 344 g/mol. The predicted molar refractivity (Wildman–Crippen MR) is 92.6 cm³/mol. The van der Waals surface area contributed by atoms with E-state index in [1.54, 1.807) is 31.4 Å². The van der Waals surface area contributed by atoms with Gasteiger partial charge in [0.15, 0.2) is 0 Å². The Bertz CT molecular complexity index is 747. The van der Waals surface area contributed by atoms with Crippen LogP contribution in [0.1, 0.15) is 10.4 Å². The van der Waals surface area contributed by atoms with Gasteiger partial charge in [-0.25, -0.2) is 9.97 Å². The van der Waals surface area contributed by atoms with E-state index in [0.29, 0.717) is 36.1 Å². The number of amides is 1. The summed E-state index contributed by atoms with van der Waals surface area (Å²) in [6, 6.07) is 6.79. The van der Waals surface area contributed by atoms with Gasteiger partial charge < -0.3 is 24.4 Å². The molecule has 25 heavy (non-hydrogen) atoms. The Balaban J connectivity index is 1.79. The van der Waals surface area contributed by atoms with Crippen molar-refractivity contribution in [2.24, 2.45) is 0 Å². The number of benzene rings is 1. The molecule has 132 valence electrons. The summed E-state index contributed by atoms with van der Waals surface area (Å²) in [5, 5.41) is 2.78. The van der Waals surface area contributed by atoms with Crippen molar-refractivity contribution in [3.05, 3.63) is 36.2 Å². The first-order valence-electron chi connectivity index (χ1n) is 7.89. The highest BCUT2D eigenvalue weighted by molar-refractivity contribution is 6.06. The molecule has 0 bridgehead atoms. The first-order valence-corrected chi connectivity index (χ1v) is 7.89. The topological polar surface area (TPSA) is 85.8 Å². The third-order valence-corrected chi connectivity index (χ3v) is 3.88. The summed E-state index contributed by atoms with van der Waals surface area (Å²) in [5.41, 5.74) is 0.369. The van der Waals surface area contributed by atoms with E-state index in [4.69, 9.17) is 14.2 Å². The van der Waals surface area contributed by atoms with Crippen molar-refractivity contribution in [1.29, 1.82) is 0 Å². The average Bonchev–Trinajstić information content (AvgIpc) is 2.68. The van der Waals surface area contributed by atoms with Crippen LogP contribution in [0.3, 0.4) is 0 Å². The lowest BCUT2D eigenvalue weighted by Gasteiger charge is -2.27. The molecule has 1 aromatic heterocycles. The van der Waals surface area contributed by atoms with Gasteiger partial charge >= 0.3 is 0 Å². The van der Waals surface area contributed by atoms with Crippen molar-refractivity contribution >= 4 is 17.5 Å². The quantitative estimate of drug-likeness (QED) is 0.881. The molecule has 3 rings (SSSR count). The molecule has 2 heterocycles. The van der Waals surface area contributed by atoms with Gasteiger partial charge in [-0.15, -0.1) is 0 Å². The van der Waals surface area contributed by atoms with Crippen LogP contribution in [0, 0.1) is 0 Å². The van der Waals surface area contributed by atoms with Crippen molar-refractivity contribution in [2.45, 2.75) is 0 Å². The van der Waals surface area contributed by atoms with E-state index >= 15 is 0 Å². The standard InChI is InChI=1S/C17H20N4O4/c1-23-12-3-4-14(24-2)13(9-12)17(22)20-15-10-16(19-11-18-15)21-5-7-25-8-6-21/h3-4,9-11H,5-8H2,1-2H3,(H,18,19,20,22). The molecule has 2 aromatic rings. The highest BCUT2D eigenvalue weighted by Gasteiger charge is 2.17. The molecule has 0 unspecified atom stereocenters. The van der Waals surface area contributed by atoms with Crippen molar-refractivity contribution in [3.8, 4) is 11.5 Å². The molecule has 0 aliphatic carbocycles. The van der Waals surface area contributed by atoms with E-state index in [2.05, 4.69) is 20.2 Å². The fraction of sp³-hybridized carbons (Fsp3) is 0.353. The summed E-state index contributed by atoms with van der Waals surface area (Å²) >= 11 is 0. The van der Waals surface area contributed by atoms with Crippen LogP contribution in [0.15, 0.2) is 30.6 Å². The predicted octanol–water partition coefficient (Wildman–Crippen LogP) is 1.58. The number of morpholine rings is 1. The molecule has 0 atom stereocenters. The van der Waals surface area contributed by atoms with Gasteiger partial charge in [0, 0.05) is 19.2 Å². The lowest BCUT2D eigenvalue weighted by atomic mass is 10.1. The first kappa shape index (κ1) is 17.0. The molecule has 0 spiro atoms. The number of ether oxygens (including phenoxy) is 3. The molecule has 1 aliphatic rings. The number of hydrogen-bond donors (Lipinski definition) is 1. The number of aromatic nitrogens is 2. The Labute approximate surface area is 145 Å². The molecule has 1 amide bonds. The smallest absolute Gasteiger partial charge is 0.260 e. The maximum absolute atomic E-state index is 12.6. The summed E-state index contributed by atoms with van der Waals surface area (Å²) < 4.78 is 15.8. The normalized spacial score (nSPS) is 14.1. The Morgan fingerprint density at radius 3 is 2.68 bits per heavy atom. The number of methoxy groups -OCH3 is 2. The van der Waals surface area contributed by atoms with E-state index in [1.807, 2.05) is 0 Å². The molecule has 1 N–H and O–H groups in total. The molecule has 1 saturated heterocycles. The lowest BCUT2D eigenvalue weighted by molar-refractivity contribution is 0.102. The van der Waals surface area contributed by atoms with Crippen LogP contribution in [0.2, 0.25) is 0 Å². The van der Waals surface area contributed by atoms with E-state index in [0.717, 1.165) is 18.9 Å². The minimum Gasteiger partial charge on any atom is -0.497 e. The highest BCUT2D eigenvalue weighted by Crippen LogP contribution is 2.25.